The van der Waals surface area contributed by atoms with E-state index in [2.05, 4.69) is 33.6 Å². The molecule has 0 saturated heterocycles. The van der Waals surface area contributed by atoms with Crippen LogP contribution in [0, 0.1) is 22.6 Å². The van der Waals surface area contributed by atoms with Crippen LogP contribution in [0.1, 0.15) is 45.4 Å². The fourth-order valence-corrected chi connectivity index (χ4v) is 4.43. The Bertz CT molecular complexity index is 1090. The Hall–Kier alpha value is -2.60. The summed E-state index contributed by atoms with van der Waals surface area (Å²) in [4.78, 5) is 13.1. The summed E-state index contributed by atoms with van der Waals surface area (Å²) in [5.74, 6) is 0.0335. The standard InChI is InChI=1S/C25H30ClFN6O/c1-16(13-34-2)32-18-3-5-19(6-4-18)33-23-10-20(21(27)12-29-23)17-9-22(24(26)30-11-17)31-15-25(14-28)7-8-25/h9-12,16,18,31-32H,3-8,13,15H2,1-2H3/t16-,18?/m1/s1. The van der Waals surface area contributed by atoms with Crippen LogP contribution in [-0.4, -0.2) is 48.0 Å². The van der Waals surface area contributed by atoms with Crippen molar-refractivity contribution < 1.29 is 9.13 Å². The van der Waals surface area contributed by atoms with Crippen molar-refractivity contribution in [1.29, 1.82) is 5.26 Å². The predicted molar refractivity (Wildman–Crippen MR) is 132 cm³/mol. The van der Waals surface area contributed by atoms with Crippen molar-refractivity contribution in [3.8, 4) is 17.2 Å². The van der Waals surface area contributed by atoms with Crippen molar-refractivity contribution in [1.82, 2.24) is 15.3 Å². The first kappa shape index (κ1) is 24.5. The molecule has 2 aromatic rings. The molecule has 0 aliphatic heterocycles. The molecule has 2 N–H and O–H groups in total. The number of nitrogens with zero attached hydrogens (tertiary/aromatic N) is 4. The molecule has 2 fully saturated rings. The van der Waals surface area contributed by atoms with Crippen LogP contribution in [0.4, 0.5) is 15.9 Å². The first-order chi connectivity index (χ1) is 16.4. The molecule has 0 spiro atoms. The lowest BCUT2D eigenvalue weighted by molar-refractivity contribution is 0.164. The van der Waals surface area contributed by atoms with E-state index in [4.69, 9.17) is 21.3 Å². The second kappa shape index (κ2) is 10.8. The van der Waals surface area contributed by atoms with Gasteiger partial charge in [-0.05, 0) is 57.6 Å². The van der Waals surface area contributed by atoms with Crippen molar-refractivity contribution in [2.45, 2.75) is 57.5 Å². The maximum Gasteiger partial charge on any atom is 0.152 e. The van der Waals surface area contributed by atoms with Gasteiger partial charge in [-0.2, -0.15) is 5.26 Å². The molecule has 2 saturated carbocycles. The zero-order valence-corrected chi connectivity index (χ0v) is 20.3. The summed E-state index contributed by atoms with van der Waals surface area (Å²) in [6.07, 6.45) is 8.23. The monoisotopic (exact) mass is 484 g/mol. The first-order valence-electron chi connectivity index (χ1n) is 11.7. The molecule has 2 aliphatic carbocycles. The Morgan fingerprint density at radius 3 is 2.74 bits per heavy atom. The number of rotatable bonds is 9. The van der Waals surface area contributed by atoms with Gasteiger partial charge in [0.25, 0.3) is 0 Å². The van der Waals surface area contributed by atoms with E-state index in [1.165, 1.54) is 12.4 Å². The second-order valence-electron chi connectivity index (χ2n) is 9.31. The van der Waals surface area contributed by atoms with Gasteiger partial charge in [0.2, 0.25) is 0 Å². The normalized spacial score (nSPS) is 19.9. The van der Waals surface area contributed by atoms with Crippen LogP contribution in [0.5, 0.6) is 0 Å². The first-order valence-corrected chi connectivity index (χ1v) is 12.1. The Balaban J connectivity index is 1.45. The Morgan fingerprint density at radius 1 is 1.29 bits per heavy atom. The number of nitriles is 1. The highest BCUT2D eigenvalue weighted by Gasteiger charge is 2.43. The number of hydrogen-bond donors (Lipinski definition) is 2. The smallest absolute Gasteiger partial charge is 0.152 e. The van der Waals surface area contributed by atoms with Crippen LogP contribution < -0.4 is 10.6 Å². The van der Waals surface area contributed by atoms with Gasteiger partial charge in [0.15, 0.2) is 11.0 Å². The van der Waals surface area contributed by atoms with Gasteiger partial charge in [-0.15, -0.1) is 0 Å². The van der Waals surface area contributed by atoms with Gasteiger partial charge in [0.05, 0.1) is 30.0 Å². The molecule has 2 aromatic heterocycles. The number of methoxy groups -OCH3 is 1. The number of aromatic nitrogens is 2. The molecule has 0 aromatic carbocycles. The zero-order valence-electron chi connectivity index (χ0n) is 19.6. The number of halogens is 2. The minimum absolute atomic E-state index is 0.289. The molecule has 180 valence electrons. The van der Waals surface area contributed by atoms with Crippen molar-refractivity contribution in [3.05, 3.63) is 35.5 Å². The minimum Gasteiger partial charge on any atom is -0.383 e. The topological polar surface area (TPSA) is 95.2 Å². The van der Waals surface area contributed by atoms with Gasteiger partial charge in [0.1, 0.15) is 5.82 Å². The number of pyridine rings is 2. The van der Waals surface area contributed by atoms with E-state index in [0.29, 0.717) is 47.9 Å². The summed E-state index contributed by atoms with van der Waals surface area (Å²) in [7, 11) is 1.71. The summed E-state index contributed by atoms with van der Waals surface area (Å²) >= 11 is 6.24. The van der Waals surface area contributed by atoms with E-state index in [0.717, 1.165) is 44.2 Å². The van der Waals surface area contributed by atoms with E-state index in [1.807, 2.05) is 0 Å². The fourth-order valence-electron chi connectivity index (χ4n) is 4.26. The summed E-state index contributed by atoms with van der Waals surface area (Å²) < 4.78 is 19.9. The third-order valence-corrected chi connectivity index (χ3v) is 6.77. The Labute approximate surface area is 204 Å². The largest absolute Gasteiger partial charge is 0.383 e. The van der Waals surface area contributed by atoms with Gasteiger partial charge in [-0.25, -0.2) is 19.4 Å². The highest BCUT2D eigenvalue weighted by atomic mass is 35.5. The Morgan fingerprint density at radius 2 is 2.06 bits per heavy atom. The summed E-state index contributed by atoms with van der Waals surface area (Å²) in [6.45, 7) is 3.30. The number of aliphatic imine (C=N–C) groups is 1. The molecule has 7 nitrogen and oxygen atoms in total. The van der Waals surface area contributed by atoms with E-state index in [1.54, 1.807) is 19.2 Å². The van der Waals surface area contributed by atoms with Gasteiger partial charge in [-0.3, -0.25) is 0 Å². The molecule has 0 bridgehead atoms. The third-order valence-electron chi connectivity index (χ3n) is 6.47. The highest BCUT2D eigenvalue weighted by molar-refractivity contribution is 6.32. The Kier molecular flexibility index (Phi) is 7.77. The lowest BCUT2D eigenvalue weighted by atomic mass is 9.93. The molecule has 2 aliphatic rings. The summed E-state index contributed by atoms with van der Waals surface area (Å²) in [6, 6.07) is 6.52. The quantitative estimate of drug-likeness (QED) is 0.469. The van der Waals surface area contributed by atoms with Crippen LogP contribution in [0.15, 0.2) is 29.5 Å². The number of anilines is 1. The van der Waals surface area contributed by atoms with Gasteiger partial charge in [0, 0.05) is 48.8 Å². The average molecular weight is 485 g/mol. The lowest BCUT2D eigenvalue weighted by Crippen LogP contribution is -2.41. The fraction of sp³-hybridized carbons (Fsp3) is 0.520. The SMILES string of the molecule is COC[C@@H](C)NC1CCC(=Nc2cc(-c3cnc(Cl)c(NCC4(C#N)CC4)c3)c(F)cn2)CC1. The zero-order chi connectivity index (χ0) is 24.1. The molecule has 2 heterocycles. The lowest BCUT2D eigenvalue weighted by Gasteiger charge is -2.27. The molecule has 0 amide bonds. The minimum atomic E-state index is -0.449. The van der Waals surface area contributed by atoms with Crippen LogP contribution in [0.3, 0.4) is 0 Å². The van der Waals surface area contributed by atoms with E-state index >= 15 is 0 Å². The molecule has 9 heteroatoms. The van der Waals surface area contributed by atoms with Gasteiger partial charge in [-0.1, -0.05) is 11.6 Å². The van der Waals surface area contributed by atoms with Crippen molar-refractivity contribution in [2.24, 2.45) is 10.4 Å². The summed E-state index contributed by atoms with van der Waals surface area (Å²) in [5, 5.41) is 16.4. The highest BCUT2D eigenvalue weighted by Crippen LogP contribution is 2.45. The molecule has 4 rings (SSSR count). The van der Waals surface area contributed by atoms with Crippen molar-refractivity contribution in [2.75, 3.05) is 25.6 Å². The van der Waals surface area contributed by atoms with Crippen molar-refractivity contribution >= 4 is 28.8 Å². The molecular weight excluding hydrogens is 455 g/mol. The maximum atomic E-state index is 14.7. The van der Waals surface area contributed by atoms with Crippen molar-refractivity contribution in [3.63, 3.8) is 0 Å². The van der Waals surface area contributed by atoms with E-state index in [9.17, 15) is 9.65 Å². The van der Waals surface area contributed by atoms with Crippen LogP contribution in [0.2, 0.25) is 5.15 Å². The maximum absolute atomic E-state index is 14.7. The van der Waals surface area contributed by atoms with Crippen LogP contribution >= 0.6 is 11.6 Å². The van der Waals surface area contributed by atoms with Crippen LogP contribution in [0.25, 0.3) is 11.1 Å². The molecule has 34 heavy (non-hydrogen) atoms. The number of ether oxygens (including phenoxy) is 1. The van der Waals surface area contributed by atoms with E-state index < -0.39 is 5.82 Å². The number of hydrogen-bond acceptors (Lipinski definition) is 7. The third kappa shape index (κ3) is 6.09. The molecule has 1 atom stereocenters. The molecule has 0 unspecified atom stereocenters. The van der Waals surface area contributed by atoms with E-state index in [-0.39, 0.29) is 10.6 Å². The van der Waals surface area contributed by atoms with Crippen LogP contribution in [-0.2, 0) is 4.74 Å². The summed E-state index contributed by atoms with van der Waals surface area (Å²) in [5.41, 5.74) is 2.27. The predicted octanol–water partition coefficient (Wildman–Crippen LogP) is 5.29. The molecular formula is C25H30ClFN6O. The average Bonchev–Trinajstić information content (AvgIpc) is 3.62. The van der Waals surface area contributed by atoms with Gasteiger partial charge >= 0.3 is 0 Å². The van der Waals surface area contributed by atoms with Gasteiger partial charge < -0.3 is 15.4 Å². The second-order valence-corrected chi connectivity index (χ2v) is 9.66. The number of nitrogens with one attached hydrogen (secondary N) is 2. The molecule has 0 radical (unpaired) electrons.